The van der Waals surface area contributed by atoms with Crippen molar-refractivity contribution in [3.05, 3.63) is 35.9 Å². The molecule has 4 unspecified atom stereocenters. The Morgan fingerprint density at radius 2 is 2.15 bits per heavy atom. The van der Waals surface area contributed by atoms with Gasteiger partial charge in [0.15, 0.2) is 0 Å². The molecule has 4 nitrogen and oxygen atoms in total. The summed E-state index contributed by atoms with van der Waals surface area (Å²) in [6, 6.07) is 10.2. The minimum Gasteiger partial charge on any atom is -0.373 e. The molecule has 0 aromatic heterocycles. The molecule has 1 amide bonds. The van der Waals surface area contributed by atoms with Crippen molar-refractivity contribution in [2.24, 2.45) is 11.7 Å². The first-order chi connectivity index (χ1) is 9.76. The molecule has 1 aromatic carbocycles. The molecule has 4 heteroatoms. The summed E-state index contributed by atoms with van der Waals surface area (Å²) in [4.78, 5) is 12.4. The predicted octanol–water partition coefficient (Wildman–Crippen LogP) is 1.24. The highest BCUT2D eigenvalue weighted by Gasteiger charge is 2.41. The third-order valence-corrected chi connectivity index (χ3v) is 4.41. The van der Waals surface area contributed by atoms with Crippen LogP contribution in [0.2, 0.25) is 0 Å². The van der Waals surface area contributed by atoms with Gasteiger partial charge < -0.3 is 15.8 Å². The topological polar surface area (TPSA) is 64.4 Å². The Morgan fingerprint density at radius 1 is 1.35 bits per heavy atom. The monoisotopic (exact) mass is 274 g/mol. The number of carbonyl (C=O) groups excluding carboxylic acids is 1. The van der Waals surface area contributed by atoms with Crippen LogP contribution in [0.15, 0.2) is 30.3 Å². The first-order valence-electron chi connectivity index (χ1n) is 7.46. The van der Waals surface area contributed by atoms with Crippen LogP contribution in [0.1, 0.15) is 24.8 Å². The van der Waals surface area contributed by atoms with E-state index in [-0.39, 0.29) is 24.0 Å². The van der Waals surface area contributed by atoms with Crippen molar-refractivity contribution in [3.8, 4) is 0 Å². The van der Waals surface area contributed by atoms with E-state index in [1.807, 2.05) is 30.3 Å². The Kier molecular flexibility index (Phi) is 4.03. The molecule has 2 heterocycles. The molecule has 0 spiro atoms. The normalized spacial score (nSPS) is 29.4. The van der Waals surface area contributed by atoms with Crippen LogP contribution in [-0.4, -0.2) is 30.7 Å². The van der Waals surface area contributed by atoms with E-state index in [1.165, 1.54) is 0 Å². The quantitative estimate of drug-likeness (QED) is 0.849. The third-order valence-electron chi connectivity index (χ3n) is 4.41. The Hall–Kier alpha value is -1.39. The van der Waals surface area contributed by atoms with Crippen LogP contribution in [0.4, 0.5) is 0 Å². The molecule has 3 rings (SSSR count). The second-order valence-electron chi connectivity index (χ2n) is 5.85. The van der Waals surface area contributed by atoms with Gasteiger partial charge in [-0.25, -0.2) is 0 Å². The van der Waals surface area contributed by atoms with E-state index in [2.05, 4.69) is 5.32 Å². The van der Waals surface area contributed by atoms with Gasteiger partial charge >= 0.3 is 0 Å². The molecule has 2 aliphatic rings. The van der Waals surface area contributed by atoms with Gasteiger partial charge in [-0.15, -0.1) is 0 Å². The first kappa shape index (κ1) is 13.6. The standard InChI is InChI=1S/C16H22N2O2/c17-10-12(8-11-4-2-1-3-5-11)16(19)18-14-9-13-6-7-15(14)20-13/h1-5,12-15H,6-10,17H2,(H,18,19). The lowest BCUT2D eigenvalue weighted by atomic mass is 9.93. The number of nitrogens with one attached hydrogen (secondary N) is 1. The maximum absolute atomic E-state index is 12.4. The van der Waals surface area contributed by atoms with Gasteiger partial charge in [-0.3, -0.25) is 4.79 Å². The van der Waals surface area contributed by atoms with Crippen molar-refractivity contribution in [2.45, 2.75) is 43.9 Å². The maximum Gasteiger partial charge on any atom is 0.225 e. The molecule has 0 saturated carbocycles. The van der Waals surface area contributed by atoms with Crippen molar-refractivity contribution in [2.75, 3.05) is 6.54 Å². The van der Waals surface area contributed by atoms with Crippen LogP contribution in [0.3, 0.4) is 0 Å². The van der Waals surface area contributed by atoms with Gasteiger partial charge in [0.25, 0.3) is 0 Å². The number of benzene rings is 1. The Bertz CT molecular complexity index is 463. The highest BCUT2D eigenvalue weighted by atomic mass is 16.5. The SMILES string of the molecule is NCC(Cc1ccccc1)C(=O)NC1CC2CCC1O2. The van der Waals surface area contributed by atoms with E-state index < -0.39 is 0 Å². The van der Waals surface area contributed by atoms with Gasteiger partial charge in [-0.2, -0.15) is 0 Å². The zero-order chi connectivity index (χ0) is 13.9. The number of fused-ring (bicyclic) bond motifs is 2. The summed E-state index contributed by atoms with van der Waals surface area (Å²) in [5, 5.41) is 3.14. The molecule has 4 atom stereocenters. The number of carbonyl (C=O) groups is 1. The summed E-state index contributed by atoms with van der Waals surface area (Å²) in [6.45, 7) is 0.377. The van der Waals surface area contributed by atoms with Crippen molar-refractivity contribution in [1.29, 1.82) is 0 Å². The molecular weight excluding hydrogens is 252 g/mol. The summed E-state index contributed by atoms with van der Waals surface area (Å²) < 4.78 is 5.77. The summed E-state index contributed by atoms with van der Waals surface area (Å²) in [7, 11) is 0. The predicted molar refractivity (Wildman–Crippen MR) is 77.1 cm³/mol. The molecule has 2 aliphatic heterocycles. The van der Waals surface area contributed by atoms with Gasteiger partial charge in [0.2, 0.25) is 5.91 Å². The lowest BCUT2D eigenvalue weighted by Crippen LogP contribution is -2.46. The van der Waals surface area contributed by atoms with Crippen LogP contribution in [0.5, 0.6) is 0 Å². The summed E-state index contributed by atoms with van der Waals surface area (Å²) in [5.74, 6) is -0.0889. The minimum atomic E-state index is -0.156. The molecule has 108 valence electrons. The van der Waals surface area contributed by atoms with Crippen LogP contribution in [0, 0.1) is 5.92 Å². The van der Waals surface area contributed by atoms with Crippen molar-refractivity contribution in [1.82, 2.24) is 5.32 Å². The second-order valence-corrected chi connectivity index (χ2v) is 5.85. The average molecular weight is 274 g/mol. The number of ether oxygens (including phenoxy) is 1. The molecule has 1 aromatic rings. The zero-order valence-corrected chi connectivity index (χ0v) is 11.6. The van der Waals surface area contributed by atoms with E-state index >= 15 is 0 Å². The molecular formula is C16H22N2O2. The number of hydrogen-bond acceptors (Lipinski definition) is 3. The molecule has 2 fully saturated rings. The van der Waals surface area contributed by atoms with E-state index in [0.717, 1.165) is 24.8 Å². The molecule has 0 aliphatic carbocycles. The number of amides is 1. The van der Waals surface area contributed by atoms with Crippen LogP contribution < -0.4 is 11.1 Å². The van der Waals surface area contributed by atoms with Crippen LogP contribution >= 0.6 is 0 Å². The van der Waals surface area contributed by atoms with Gasteiger partial charge in [-0.1, -0.05) is 30.3 Å². The van der Waals surface area contributed by atoms with E-state index in [0.29, 0.717) is 19.1 Å². The van der Waals surface area contributed by atoms with Gasteiger partial charge in [0.1, 0.15) is 0 Å². The summed E-state index contributed by atoms with van der Waals surface area (Å²) >= 11 is 0. The molecule has 2 bridgehead atoms. The van der Waals surface area contributed by atoms with Gasteiger partial charge in [0.05, 0.1) is 24.2 Å². The number of nitrogens with two attached hydrogens (primary N) is 1. The molecule has 2 saturated heterocycles. The minimum absolute atomic E-state index is 0.0671. The highest BCUT2D eigenvalue weighted by Crippen LogP contribution is 2.34. The Balaban J connectivity index is 1.57. The Morgan fingerprint density at radius 3 is 2.75 bits per heavy atom. The van der Waals surface area contributed by atoms with Crippen LogP contribution in [-0.2, 0) is 16.0 Å². The third kappa shape index (κ3) is 2.86. The second kappa shape index (κ2) is 5.94. The summed E-state index contributed by atoms with van der Waals surface area (Å²) in [5.41, 5.74) is 6.93. The fraction of sp³-hybridized carbons (Fsp3) is 0.562. The van der Waals surface area contributed by atoms with E-state index in [1.54, 1.807) is 0 Å². The van der Waals surface area contributed by atoms with Crippen LogP contribution in [0.25, 0.3) is 0 Å². The lowest BCUT2D eigenvalue weighted by molar-refractivity contribution is -0.125. The largest absolute Gasteiger partial charge is 0.373 e. The Labute approximate surface area is 119 Å². The smallest absolute Gasteiger partial charge is 0.225 e. The number of hydrogen-bond donors (Lipinski definition) is 2. The molecule has 0 radical (unpaired) electrons. The van der Waals surface area contributed by atoms with Crippen molar-refractivity contribution >= 4 is 5.91 Å². The van der Waals surface area contributed by atoms with Gasteiger partial charge in [0, 0.05) is 6.54 Å². The average Bonchev–Trinajstić information content (AvgIpc) is 3.08. The fourth-order valence-electron chi connectivity index (χ4n) is 3.27. The zero-order valence-electron chi connectivity index (χ0n) is 11.6. The summed E-state index contributed by atoms with van der Waals surface area (Å²) in [6.07, 6.45) is 4.45. The number of rotatable bonds is 5. The molecule has 3 N–H and O–H groups in total. The maximum atomic E-state index is 12.4. The van der Waals surface area contributed by atoms with Gasteiger partial charge in [-0.05, 0) is 31.2 Å². The van der Waals surface area contributed by atoms with E-state index in [9.17, 15) is 4.79 Å². The fourth-order valence-corrected chi connectivity index (χ4v) is 3.27. The molecule has 20 heavy (non-hydrogen) atoms. The van der Waals surface area contributed by atoms with E-state index in [4.69, 9.17) is 10.5 Å². The van der Waals surface area contributed by atoms with Crippen molar-refractivity contribution < 1.29 is 9.53 Å². The lowest BCUT2D eigenvalue weighted by Gasteiger charge is -2.23. The van der Waals surface area contributed by atoms with Crippen molar-refractivity contribution in [3.63, 3.8) is 0 Å². The highest BCUT2D eigenvalue weighted by molar-refractivity contribution is 5.79. The first-order valence-corrected chi connectivity index (χ1v) is 7.46.